The monoisotopic (exact) mass is 425 g/mol. The molecule has 0 aliphatic rings. The second-order valence-corrected chi connectivity index (χ2v) is 7.95. The molecule has 7 nitrogen and oxygen atoms in total. The third-order valence-electron chi connectivity index (χ3n) is 4.70. The van der Waals surface area contributed by atoms with Crippen molar-refractivity contribution in [1.82, 2.24) is 10.6 Å². The van der Waals surface area contributed by atoms with Crippen LogP contribution < -0.4 is 16.4 Å². The molecule has 3 amide bonds. The van der Waals surface area contributed by atoms with Crippen LogP contribution >= 0.6 is 0 Å². The Labute approximate surface area is 183 Å². The second kappa shape index (κ2) is 11.2. The number of aryl methyl sites for hydroxylation is 2. The van der Waals surface area contributed by atoms with Crippen molar-refractivity contribution in [2.45, 2.75) is 58.7 Å². The maximum absolute atomic E-state index is 12.9. The normalized spacial score (nSPS) is 12.7. The highest BCUT2D eigenvalue weighted by Crippen LogP contribution is 2.22. The zero-order chi connectivity index (χ0) is 23.0. The van der Waals surface area contributed by atoms with Gasteiger partial charge in [0.25, 0.3) is 0 Å². The Morgan fingerprint density at radius 3 is 2.10 bits per heavy atom. The number of urea groups is 1. The van der Waals surface area contributed by atoms with Gasteiger partial charge in [-0.3, -0.25) is 9.59 Å². The average molecular weight is 426 g/mol. The van der Waals surface area contributed by atoms with E-state index in [-0.39, 0.29) is 24.9 Å². The minimum atomic E-state index is -0.713. The molecule has 2 aromatic rings. The van der Waals surface area contributed by atoms with Gasteiger partial charge in [0.15, 0.2) is 0 Å². The number of nitrogens with one attached hydrogen (secondary N) is 2. The van der Waals surface area contributed by atoms with Crippen molar-refractivity contribution in [3.05, 3.63) is 70.8 Å². The molecule has 0 saturated carbocycles. The van der Waals surface area contributed by atoms with Gasteiger partial charge in [-0.2, -0.15) is 0 Å². The third-order valence-corrected chi connectivity index (χ3v) is 4.70. The van der Waals surface area contributed by atoms with Crippen molar-refractivity contribution in [2.24, 2.45) is 5.73 Å². The molecule has 2 atom stereocenters. The number of ether oxygens (including phenoxy) is 1. The quantitative estimate of drug-likeness (QED) is 0.533. The lowest BCUT2D eigenvalue weighted by atomic mass is 9.99. The highest BCUT2D eigenvalue weighted by atomic mass is 16.5. The Hall–Kier alpha value is -3.35. The van der Waals surface area contributed by atoms with Crippen LogP contribution in [0, 0.1) is 13.8 Å². The lowest BCUT2D eigenvalue weighted by Crippen LogP contribution is -2.38. The van der Waals surface area contributed by atoms with E-state index in [2.05, 4.69) is 10.6 Å². The van der Waals surface area contributed by atoms with E-state index in [1.165, 1.54) is 0 Å². The van der Waals surface area contributed by atoms with Crippen LogP contribution in [0.3, 0.4) is 0 Å². The highest BCUT2D eigenvalue weighted by Gasteiger charge is 2.23. The lowest BCUT2D eigenvalue weighted by Gasteiger charge is -2.22. The lowest BCUT2D eigenvalue weighted by molar-refractivity contribution is -0.148. The summed E-state index contributed by atoms with van der Waals surface area (Å²) in [4.78, 5) is 36.6. The summed E-state index contributed by atoms with van der Waals surface area (Å²) in [5.74, 6) is -0.713. The molecule has 0 aliphatic heterocycles. The summed E-state index contributed by atoms with van der Waals surface area (Å²) in [6.45, 7) is 7.45. The van der Waals surface area contributed by atoms with Crippen LogP contribution in [0.2, 0.25) is 0 Å². The van der Waals surface area contributed by atoms with Crippen molar-refractivity contribution in [3.63, 3.8) is 0 Å². The molecule has 0 heterocycles. The van der Waals surface area contributed by atoms with Gasteiger partial charge in [0.2, 0.25) is 5.91 Å². The van der Waals surface area contributed by atoms with Gasteiger partial charge in [-0.1, -0.05) is 59.7 Å². The fourth-order valence-corrected chi connectivity index (χ4v) is 3.28. The summed E-state index contributed by atoms with van der Waals surface area (Å²) in [7, 11) is 0. The number of rotatable bonds is 9. The fraction of sp³-hybridized carbons (Fsp3) is 0.375. The molecule has 0 radical (unpaired) electrons. The maximum atomic E-state index is 12.9. The number of primary amides is 1. The molecule has 31 heavy (non-hydrogen) atoms. The van der Waals surface area contributed by atoms with E-state index in [1.807, 2.05) is 62.4 Å². The first kappa shape index (κ1) is 23.9. The van der Waals surface area contributed by atoms with Gasteiger partial charge in [0.05, 0.1) is 31.0 Å². The van der Waals surface area contributed by atoms with E-state index >= 15 is 0 Å². The van der Waals surface area contributed by atoms with E-state index in [1.54, 1.807) is 13.8 Å². The largest absolute Gasteiger partial charge is 0.463 e. The molecule has 0 aromatic heterocycles. The zero-order valence-corrected chi connectivity index (χ0v) is 18.5. The Morgan fingerprint density at radius 2 is 1.52 bits per heavy atom. The number of nitrogens with two attached hydrogens (primary N) is 1. The van der Waals surface area contributed by atoms with Crippen LogP contribution in [-0.4, -0.2) is 24.0 Å². The summed E-state index contributed by atoms with van der Waals surface area (Å²) in [5, 5.41) is 5.54. The van der Waals surface area contributed by atoms with Gasteiger partial charge in [0.1, 0.15) is 0 Å². The summed E-state index contributed by atoms with van der Waals surface area (Å²) in [6.07, 6.45) is -0.258. The number of esters is 1. The number of benzene rings is 2. The molecule has 0 saturated heterocycles. The van der Waals surface area contributed by atoms with Crippen molar-refractivity contribution in [2.75, 3.05) is 0 Å². The Balaban J connectivity index is 2.18. The maximum Gasteiger partial charge on any atom is 0.312 e. The minimum Gasteiger partial charge on any atom is -0.463 e. The first-order chi connectivity index (χ1) is 14.6. The van der Waals surface area contributed by atoms with Crippen molar-refractivity contribution >= 4 is 17.9 Å². The van der Waals surface area contributed by atoms with E-state index < -0.39 is 24.1 Å². The van der Waals surface area contributed by atoms with Crippen molar-refractivity contribution in [1.29, 1.82) is 0 Å². The molecule has 166 valence electrons. The Kier molecular flexibility index (Phi) is 8.61. The Morgan fingerprint density at radius 1 is 0.871 bits per heavy atom. The molecule has 0 bridgehead atoms. The van der Waals surface area contributed by atoms with Crippen LogP contribution in [0.25, 0.3) is 0 Å². The van der Waals surface area contributed by atoms with E-state index in [4.69, 9.17) is 10.5 Å². The summed E-state index contributed by atoms with van der Waals surface area (Å²) in [5.41, 5.74) is 8.97. The first-order valence-corrected chi connectivity index (χ1v) is 10.3. The standard InChI is InChI=1S/C24H31N3O4/c1-15(2)31-23(29)14-21(18-10-8-16(3)9-11-18)26-22(28)13-20(27-24(25)30)19-7-5-6-17(4)12-19/h5-12,15,20-21H,13-14H2,1-4H3,(H,26,28)(H3,25,27,30)/t20-,21+/m1/s1. The van der Waals surface area contributed by atoms with E-state index in [0.717, 1.165) is 22.3 Å². The molecule has 0 unspecified atom stereocenters. The molecule has 0 aliphatic carbocycles. The number of amides is 3. The average Bonchev–Trinajstić information content (AvgIpc) is 2.66. The van der Waals surface area contributed by atoms with Crippen LogP contribution in [0.5, 0.6) is 0 Å². The summed E-state index contributed by atoms with van der Waals surface area (Å²) >= 11 is 0. The first-order valence-electron chi connectivity index (χ1n) is 10.3. The smallest absolute Gasteiger partial charge is 0.312 e. The molecule has 7 heteroatoms. The molecule has 0 spiro atoms. The number of carbonyl (C=O) groups excluding carboxylic acids is 3. The molecule has 0 fully saturated rings. The van der Waals surface area contributed by atoms with E-state index in [0.29, 0.717) is 0 Å². The zero-order valence-electron chi connectivity index (χ0n) is 18.5. The SMILES string of the molecule is Cc1ccc([C@H](CC(=O)OC(C)C)NC(=O)C[C@@H](NC(N)=O)c2cccc(C)c2)cc1. The van der Waals surface area contributed by atoms with Gasteiger partial charge in [-0.15, -0.1) is 0 Å². The van der Waals surface area contributed by atoms with Crippen LogP contribution in [0.15, 0.2) is 48.5 Å². The highest BCUT2D eigenvalue weighted by molar-refractivity contribution is 5.80. The predicted molar refractivity (Wildman–Crippen MR) is 119 cm³/mol. The predicted octanol–water partition coefficient (Wildman–Crippen LogP) is 3.60. The molecule has 4 N–H and O–H groups in total. The van der Waals surface area contributed by atoms with Gasteiger partial charge in [0, 0.05) is 0 Å². The minimum absolute atomic E-state index is 0.00530. The van der Waals surface area contributed by atoms with Crippen LogP contribution in [0.1, 0.15) is 61.0 Å². The van der Waals surface area contributed by atoms with Crippen molar-refractivity contribution < 1.29 is 19.1 Å². The van der Waals surface area contributed by atoms with Gasteiger partial charge in [-0.25, -0.2) is 4.79 Å². The molecule has 2 aromatic carbocycles. The Bertz CT molecular complexity index is 909. The van der Waals surface area contributed by atoms with Crippen molar-refractivity contribution in [3.8, 4) is 0 Å². The van der Waals surface area contributed by atoms with Crippen LogP contribution in [-0.2, 0) is 14.3 Å². The van der Waals surface area contributed by atoms with Gasteiger partial charge in [-0.05, 0) is 38.8 Å². The number of hydrogen-bond acceptors (Lipinski definition) is 4. The second-order valence-electron chi connectivity index (χ2n) is 7.95. The van der Waals surface area contributed by atoms with Crippen LogP contribution in [0.4, 0.5) is 4.79 Å². The van der Waals surface area contributed by atoms with E-state index in [9.17, 15) is 14.4 Å². The molecular weight excluding hydrogens is 394 g/mol. The molecular formula is C24H31N3O4. The summed E-state index contributed by atoms with van der Waals surface area (Å²) < 4.78 is 5.26. The number of carbonyl (C=O) groups is 3. The molecule has 2 rings (SSSR count). The van der Waals surface area contributed by atoms with Gasteiger partial charge >= 0.3 is 12.0 Å². The fourth-order valence-electron chi connectivity index (χ4n) is 3.28. The van der Waals surface area contributed by atoms with Gasteiger partial charge < -0.3 is 21.1 Å². The number of hydrogen-bond donors (Lipinski definition) is 3. The topological polar surface area (TPSA) is 111 Å². The third kappa shape index (κ3) is 8.12. The summed E-state index contributed by atoms with van der Waals surface area (Å²) in [6, 6.07) is 13.3.